The van der Waals surface area contributed by atoms with E-state index in [0.717, 1.165) is 40.2 Å². The Bertz CT molecular complexity index is 3360. The number of carboxylic acids is 1. The SMILES string of the molecule is CC(C)(C)c1cc(-c2ccc(Cl)cc2)nc2cc(C(=O)N3CCN(C(=O)c4ncn[nH]4)CC3(C)C)oc12.CC(C)(C)c1cc(-c2ccc(Cl)cc2)nc2cc(C(=O)O)oc12.CC1(C)CN(C(=O)c2ncn[nH]2)CCN1.[V]. The third-order valence-electron chi connectivity index (χ3n) is 12.8. The molecule has 0 atom stereocenters. The van der Waals surface area contributed by atoms with Gasteiger partial charge in [0, 0.05) is 108 Å². The minimum absolute atomic E-state index is 0. The first-order valence-electron chi connectivity index (χ1n) is 24.3. The molecule has 397 valence electrons. The van der Waals surface area contributed by atoms with E-state index in [1.54, 1.807) is 32.9 Å². The van der Waals surface area contributed by atoms with Gasteiger partial charge in [0.05, 0.1) is 16.9 Å². The number of H-pyrrole nitrogens is 2. The van der Waals surface area contributed by atoms with Crippen LogP contribution in [-0.4, -0.2) is 134 Å². The molecule has 2 aliphatic heterocycles. The van der Waals surface area contributed by atoms with Crippen molar-refractivity contribution in [3.63, 3.8) is 0 Å². The molecule has 22 heteroatoms. The van der Waals surface area contributed by atoms with E-state index in [1.807, 2.05) is 62.4 Å². The standard InChI is InChI=1S/C27H29ClN6O3.C18H16ClNO3.C9H15N5O.V/c1-26(2,3)18-12-19(16-6-8-17(28)9-7-16)31-20-13-21(37-22(18)20)24(35)34-11-10-33(14-27(34,4)5)25(36)23-29-15-30-32-23;1-18(2,3)12-8-13(10-4-6-11(19)7-5-10)20-14-9-15(17(21)22)23-16(12)14;1-9(2)5-14(4-3-11-9)8(15)7-10-6-12-13-7;/h6-9,12-13,15H,10-11,14H2,1-5H3,(H,29,30,32);4-9H,1-3H3,(H,21,22);6,11H,3-5H2,1-2H3,(H,10,12,13);. The average molecular weight is 1110 g/mol. The number of aromatic amines is 2. The molecule has 6 aromatic heterocycles. The molecular formula is C54H60Cl2N12O7V. The maximum Gasteiger partial charge on any atom is 0.371 e. The number of hydrogen-bond acceptors (Lipinski definition) is 13. The van der Waals surface area contributed by atoms with Crippen LogP contribution in [-0.2, 0) is 29.4 Å². The maximum absolute atomic E-state index is 13.7. The summed E-state index contributed by atoms with van der Waals surface area (Å²) in [5.41, 5.74) is 6.44. The van der Waals surface area contributed by atoms with E-state index < -0.39 is 11.5 Å². The summed E-state index contributed by atoms with van der Waals surface area (Å²) in [6.45, 7) is 23.8. The molecule has 2 fully saturated rings. The number of piperazine rings is 2. The summed E-state index contributed by atoms with van der Waals surface area (Å²) >= 11 is 12.0. The number of fused-ring (bicyclic) bond motifs is 2. The molecule has 10 rings (SSSR count). The van der Waals surface area contributed by atoms with Gasteiger partial charge in [-0.25, -0.2) is 24.7 Å². The number of carbonyl (C=O) groups excluding carboxylic acids is 3. The minimum Gasteiger partial charge on any atom is -0.475 e. The number of amides is 3. The Kier molecular flexibility index (Phi) is 16.7. The van der Waals surface area contributed by atoms with Gasteiger partial charge < -0.3 is 34.0 Å². The number of pyridine rings is 2. The summed E-state index contributed by atoms with van der Waals surface area (Å²) < 4.78 is 11.7. The predicted molar refractivity (Wildman–Crippen MR) is 285 cm³/mol. The van der Waals surface area contributed by atoms with Gasteiger partial charge in [0.1, 0.15) is 23.7 Å². The number of halogens is 2. The van der Waals surface area contributed by atoms with Gasteiger partial charge in [0.15, 0.2) is 16.9 Å². The molecule has 8 aromatic rings. The fraction of sp³-hybridized carbons (Fsp3) is 0.370. The fourth-order valence-electron chi connectivity index (χ4n) is 8.97. The number of rotatable bonds is 6. The van der Waals surface area contributed by atoms with Crippen molar-refractivity contribution in [1.82, 2.24) is 60.3 Å². The van der Waals surface area contributed by atoms with Gasteiger partial charge >= 0.3 is 5.97 Å². The van der Waals surface area contributed by atoms with Crippen LogP contribution < -0.4 is 5.32 Å². The van der Waals surface area contributed by atoms with E-state index in [9.17, 15) is 19.2 Å². The van der Waals surface area contributed by atoms with E-state index in [1.165, 1.54) is 18.7 Å². The summed E-state index contributed by atoms with van der Waals surface area (Å²) in [5.74, 6) is -1.04. The van der Waals surface area contributed by atoms with Crippen molar-refractivity contribution in [2.24, 2.45) is 0 Å². The molecule has 0 aliphatic carbocycles. The Hall–Kier alpha value is -6.90. The predicted octanol–water partition coefficient (Wildman–Crippen LogP) is 9.71. The quantitative estimate of drug-likeness (QED) is 0.121. The first-order valence-corrected chi connectivity index (χ1v) is 25.1. The number of aromatic carboxylic acids is 1. The smallest absolute Gasteiger partial charge is 0.371 e. The molecule has 3 amide bonds. The molecule has 2 aliphatic rings. The summed E-state index contributed by atoms with van der Waals surface area (Å²) in [6.07, 6.45) is 2.65. The van der Waals surface area contributed by atoms with Gasteiger partial charge in [-0.05, 0) is 74.9 Å². The van der Waals surface area contributed by atoms with Crippen LogP contribution in [0.15, 0.2) is 94.3 Å². The molecule has 1 radical (unpaired) electrons. The first kappa shape index (κ1) is 56.8. The average Bonchev–Trinajstić information content (AvgIpc) is 4.21. The molecular weight excluding hydrogens is 1050 g/mol. The van der Waals surface area contributed by atoms with Gasteiger partial charge in [0.25, 0.3) is 17.7 Å². The monoisotopic (exact) mass is 1110 g/mol. The molecule has 2 aromatic carbocycles. The van der Waals surface area contributed by atoms with Crippen LogP contribution in [0.5, 0.6) is 0 Å². The molecule has 19 nitrogen and oxygen atoms in total. The van der Waals surface area contributed by atoms with Crippen LogP contribution >= 0.6 is 23.2 Å². The number of nitrogens with zero attached hydrogens (tertiary/aromatic N) is 9. The van der Waals surface area contributed by atoms with Gasteiger partial charge in [-0.3, -0.25) is 24.6 Å². The summed E-state index contributed by atoms with van der Waals surface area (Å²) in [6, 6.07) is 22.0. The van der Waals surface area contributed by atoms with Crippen LogP contribution in [0.25, 0.3) is 44.7 Å². The second kappa shape index (κ2) is 22.4. The second-order valence-corrected chi connectivity index (χ2v) is 22.7. The third kappa shape index (κ3) is 12.8. The van der Waals surface area contributed by atoms with Crippen LogP contribution in [0.2, 0.25) is 10.0 Å². The van der Waals surface area contributed by atoms with Crippen molar-refractivity contribution in [2.75, 3.05) is 39.3 Å². The summed E-state index contributed by atoms with van der Waals surface area (Å²) in [4.78, 5) is 72.0. The molecule has 76 heavy (non-hydrogen) atoms. The number of carbonyl (C=O) groups is 4. The normalized spacial score (nSPS) is 15.3. The molecule has 8 heterocycles. The number of nitrogens with one attached hydrogen (secondary N) is 3. The van der Waals surface area contributed by atoms with Crippen molar-refractivity contribution in [2.45, 2.75) is 91.1 Å². The molecule has 0 bridgehead atoms. The van der Waals surface area contributed by atoms with E-state index in [2.05, 4.69) is 96.1 Å². The topological polar surface area (TPSA) is 245 Å². The number of aromatic nitrogens is 8. The van der Waals surface area contributed by atoms with Crippen molar-refractivity contribution < 1.29 is 51.7 Å². The van der Waals surface area contributed by atoms with Crippen LogP contribution in [0, 0.1) is 0 Å². The maximum atomic E-state index is 13.7. The van der Waals surface area contributed by atoms with Gasteiger partial charge in [-0.1, -0.05) is 89.0 Å². The van der Waals surface area contributed by atoms with Crippen molar-refractivity contribution >= 4 is 69.1 Å². The Labute approximate surface area is 461 Å². The Balaban J connectivity index is 0.000000183. The molecule has 0 unspecified atom stereocenters. The summed E-state index contributed by atoms with van der Waals surface area (Å²) in [5, 5.41) is 26.5. The first-order chi connectivity index (χ1) is 35.3. The Morgan fingerprint density at radius 2 is 1.07 bits per heavy atom. The largest absolute Gasteiger partial charge is 0.475 e. The zero-order valence-electron chi connectivity index (χ0n) is 44.0. The van der Waals surface area contributed by atoms with Crippen molar-refractivity contribution in [3.8, 4) is 22.5 Å². The molecule has 0 saturated carbocycles. The number of furan rings is 2. The van der Waals surface area contributed by atoms with E-state index >= 15 is 0 Å². The number of hydrogen-bond donors (Lipinski definition) is 4. The number of benzene rings is 2. The minimum atomic E-state index is -1.10. The second-order valence-electron chi connectivity index (χ2n) is 21.8. The zero-order chi connectivity index (χ0) is 54.2. The van der Waals surface area contributed by atoms with Crippen LogP contribution in [0.3, 0.4) is 0 Å². The van der Waals surface area contributed by atoms with Crippen LogP contribution in [0.1, 0.15) is 123 Å². The molecule has 4 N–H and O–H groups in total. The molecule has 2 saturated heterocycles. The van der Waals surface area contributed by atoms with Crippen molar-refractivity contribution in [3.05, 3.63) is 130 Å². The third-order valence-corrected chi connectivity index (χ3v) is 13.3. The van der Waals surface area contributed by atoms with E-state index in [4.69, 9.17) is 42.1 Å². The van der Waals surface area contributed by atoms with E-state index in [-0.39, 0.29) is 70.0 Å². The van der Waals surface area contributed by atoms with Gasteiger partial charge in [0.2, 0.25) is 17.4 Å². The number of carboxylic acid groups (broad SMARTS) is 1. The van der Waals surface area contributed by atoms with Gasteiger partial charge in [-0.2, -0.15) is 10.2 Å². The zero-order valence-corrected chi connectivity index (χ0v) is 46.9. The van der Waals surface area contributed by atoms with E-state index in [0.29, 0.717) is 70.8 Å². The fourth-order valence-corrected chi connectivity index (χ4v) is 9.23. The summed E-state index contributed by atoms with van der Waals surface area (Å²) in [7, 11) is 0. The Morgan fingerprint density at radius 1 is 0.618 bits per heavy atom. The van der Waals surface area contributed by atoms with Crippen LogP contribution in [0.4, 0.5) is 0 Å². The molecule has 0 spiro atoms. The van der Waals surface area contributed by atoms with Gasteiger partial charge in [-0.15, -0.1) is 0 Å². The van der Waals surface area contributed by atoms with Crippen molar-refractivity contribution in [1.29, 1.82) is 0 Å². The Morgan fingerprint density at radius 3 is 1.47 bits per heavy atom.